The number of amides is 1. The first-order chi connectivity index (χ1) is 17.6. The first-order valence-electron chi connectivity index (χ1n) is 11.7. The first kappa shape index (κ1) is 22.2. The Kier molecular flexibility index (Phi) is 5.60. The highest BCUT2D eigenvalue weighted by Crippen LogP contribution is 2.42. The monoisotopic (exact) mass is 484 g/mol. The van der Waals surface area contributed by atoms with Crippen molar-refractivity contribution < 1.29 is 22.7 Å². The van der Waals surface area contributed by atoms with Gasteiger partial charge < -0.3 is 14.1 Å². The van der Waals surface area contributed by atoms with Crippen molar-refractivity contribution in [3.63, 3.8) is 0 Å². The average Bonchev–Trinajstić information content (AvgIpc) is 3.46. The summed E-state index contributed by atoms with van der Waals surface area (Å²) in [5.41, 5.74) is 4.91. The van der Waals surface area contributed by atoms with Crippen LogP contribution in [0.4, 0.5) is 8.78 Å². The summed E-state index contributed by atoms with van der Waals surface area (Å²) in [6.45, 7) is -1.97. The smallest absolute Gasteiger partial charge is 0.387 e. The highest BCUT2D eigenvalue weighted by molar-refractivity contribution is 6.08. The largest absolute Gasteiger partial charge is 0.452 e. The van der Waals surface area contributed by atoms with Gasteiger partial charge in [-0.3, -0.25) is 9.78 Å². The third-order valence-electron chi connectivity index (χ3n) is 6.75. The molecule has 1 unspecified atom stereocenters. The molecule has 3 heterocycles. The summed E-state index contributed by atoms with van der Waals surface area (Å²) in [5, 5.41) is 1.38. The highest BCUT2D eigenvalue weighted by atomic mass is 19.3. The fourth-order valence-electron chi connectivity index (χ4n) is 5.15. The molecule has 0 N–H and O–H groups in total. The Bertz CT molecular complexity index is 1570. The standard InChI is InChI=1S/C29H22F2N2O3/c30-29(31)36-25-11-10-22(27-23-15-32-13-12-24(23)35-28(25)27)20-14-26(34)33(17-20)16-19-8-4-5-9-21(19)18-6-2-1-3-7-18/h1-13,15,20,29H,14,16-17H2. The fraction of sp³-hybridized carbons (Fsp3) is 0.172. The van der Waals surface area contributed by atoms with Crippen LogP contribution < -0.4 is 4.74 Å². The number of fused-ring (bicyclic) bond motifs is 3. The summed E-state index contributed by atoms with van der Waals surface area (Å²) >= 11 is 0. The number of hydrogen-bond donors (Lipinski definition) is 0. The van der Waals surface area contributed by atoms with Crippen LogP contribution in [0.1, 0.15) is 23.5 Å². The summed E-state index contributed by atoms with van der Waals surface area (Å²) in [6, 6.07) is 23.2. The highest BCUT2D eigenvalue weighted by Gasteiger charge is 2.33. The molecule has 0 saturated carbocycles. The topological polar surface area (TPSA) is 55.6 Å². The minimum Gasteiger partial charge on any atom is -0.452 e. The molecule has 1 atom stereocenters. The lowest BCUT2D eigenvalue weighted by Crippen LogP contribution is -2.24. The zero-order valence-electron chi connectivity index (χ0n) is 19.2. The molecule has 5 aromatic rings. The number of benzene rings is 3. The Morgan fingerprint density at radius 3 is 2.67 bits per heavy atom. The van der Waals surface area contributed by atoms with Crippen LogP contribution in [0, 0.1) is 0 Å². The van der Waals surface area contributed by atoms with E-state index in [0.717, 1.165) is 22.3 Å². The van der Waals surface area contributed by atoms with Crippen LogP contribution in [0.3, 0.4) is 0 Å². The lowest BCUT2D eigenvalue weighted by atomic mass is 9.93. The van der Waals surface area contributed by atoms with Crippen LogP contribution in [-0.4, -0.2) is 28.9 Å². The van der Waals surface area contributed by atoms with Crippen molar-refractivity contribution in [2.75, 3.05) is 6.54 Å². The maximum atomic E-state index is 13.1. The molecule has 0 radical (unpaired) electrons. The molecular formula is C29H22F2N2O3. The van der Waals surface area contributed by atoms with E-state index < -0.39 is 6.61 Å². The van der Waals surface area contributed by atoms with Gasteiger partial charge in [-0.15, -0.1) is 0 Å². The molecule has 1 amide bonds. The minimum absolute atomic E-state index is 0.0297. The first-order valence-corrected chi connectivity index (χ1v) is 11.7. The number of furan rings is 1. The fourth-order valence-corrected chi connectivity index (χ4v) is 5.15. The van der Waals surface area contributed by atoms with Gasteiger partial charge in [-0.2, -0.15) is 8.78 Å². The summed E-state index contributed by atoms with van der Waals surface area (Å²) in [5.74, 6) is -0.0988. The Morgan fingerprint density at radius 2 is 1.83 bits per heavy atom. The molecule has 1 aliphatic heterocycles. The van der Waals surface area contributed by atoms with Crippen molar-refractivity contribution in [1.82, 2.24) is 9.88 Å². The van der Waals surface area contributed by atoms with Gasteiger partial charge in [-0.25, -0.2) is 0 Å². The number of pyridine rings is 1. The van der Waals surface area contributed by atoms with Crippen LogP contribution in [-0.2, 0) is 11.3 Å². The predicted molar refractivity (Wildman–Crippen MR) is 133 cm³/mol. The van der Waals surface area contributed by atoms with E-state index in [1.807, 2.05) is 41.3 Å². The Labute approximate surface area is 205 Å². The summed E-state index contributed by atoms with van der Waals surface area (Å²) in [7, 11) is 0. The number of aromatic nitrogens is 1. The van der Waals surface area contributed by atoms with E-state index in [9.17, 15) is 13.6 Å². The zero-order chi connectivity index (χ0) is 24.6. The zero-order valence-corrected chi connectivity index (χ0v) is 19.2. The number of likely N-dealkylation sites (tertiary alicyclic amines) is 1. The van der Waals surface area contributed by atoms with E-state index in [2.05, 4.69) is 23.2 Å². The van der Waals surface area contributed by atoms with E-state index in [1.165, 1.54) is 6.07 Å². The van der Waals surface area contributed by atoms with Gasteiger partial charge in [0.2, 0.25) is 5.91 Å². The Morgan fingerprint density at radius 1 is 1.03 bits per heavy atom. The molecular weight excluding hydrogens is 462 g/mol. The maximum Gasteiger partial charge on any atom is 0.387 e. The van der Waals surface area contributed by atoms with Crippen molar-refractivity contribution in [3.8, 4) is 16.9 Å². The molecule has 0 spiro atoms. The number of hydrogen-bond acceptors (Lipinski definition) is 4. The number of rotatable bonds is 6. The number of ether oxygens (including phenoxy) is 1. The van der Waals surface area contributed by atoms with Crippen molar-refractivity contribution in [3.05, 3.63) is 96.3 Å². The molecule has 1 saturated heterocycles. The van der Waals surface area contributed by atoms with Crippen LogP contribution in [0.15, 0.2) is 89.6 Å². The lowest BCUT2D eigenvalue weighted by Gasteiger charge is -2.20. The molecule has 180 valence electrons. The Hall–Kier alpha value is -4.26. The molecule has 0 bridgehead atoms. The quantitative estimate of drug-likeness (QED) is 0.267. The molecule has 5 nitrogen and oxygen atoms in total. The van der Waals surface area contributed by atoms with Gasteiger partial charge >= 0.3 is 6.61 Å². The third-order valence-corrected chi connectivity index (χ3v) is 6.75. The van der Waals surface area contributed by atoms with E-state index in [-0.39, 0.29) is 23.2 Å². The number of alkyl halides is 2. The summed E-state index contributed by atoms with van der Waals surface area (Å²) in [6.07, 6.45) is 3.56. The normalized spacial score (nSPS) is 15.9. The number of carbonyl (C=O) groups excluding carboxylic acids is 1. The number of nitrogens with zero attached hydrogens (tertiary/aromatic N) is 2. The van der Waals surface area contributed by atoms with Gasteiger partial charge in [0, 0.05) is 48.6 Å². The van der Waals surface area contributed by atoms with Gasteiger partial charge in [-0.1, -0.05) is 60.7 Å². The lowest BCUT2D eigenvalue weighted by molar-refractivity contribution is -0.128. The SMILES string of the molecule is O=C1CC(c2ccc(OC(F)F)c3oc4ccncc4c23)CN1Cc1ccccc1-c1ccccc1. The van der Waals surface area contributed by atoms with E-state index in [1.54, 1.807) is 24.5 Å². The molecule has 6 rings (SSSR count). The maximum absolute atomic E-state index is 13.1. The van der Waals surface area contributed by atoms with Crippen molar-refractivity contribution in [2.45, 2.75) is 25.5 Å². The van der Waals surface area contributed by atoms with Crippen molar-refractivity contribution in [1.29, 1.82) is 0 Å². The number of halogens is 2. The van der Waals surface area contributed by atoms with Gasteiger partial charge in [-0.05, 0) is 34.4 Å². The second-order valence-corrected chi connectivity index (χ2v) is 8.91. The molecule has 1 aliphatic rings. The van der Waals surface area contributed by atoms with Crippen molar-refractivity contribution in [2.24, 2.45) is 0 Å². The summed E-state index contributed by atoms with van der Waals surface area (Å²) < 4.78 is 36.7. The van der Waals surface area contributed by atoms with Crippen LogP contribution in [0.2, 0.25) is 0 Å². The van der Waals surface area contributed by atoms with Crippen LogP contribution in [0.25, 0.3) is 33.1 Å². The molecule has 7 heteroatoms. The van der Waals surface area contributed by atoms with Gasteiger partial charge in [0.1, 0.15) is 5.58 Å². The van der Waals surface area contributed by atoms with E-state index in [4.69, 9.17) is 9.15 Å². The van der Waals surface area contributed by atoms with Crippen molar-refractivity contribution >= 4 is 27.8 Å². The predicted octanol–water partition coefficient (Wildman–Crippen LogP) is 6.77. The molecule has 3 aromatic carbocycles. The molecule has 36 heavy (non-hydrogen) atoms. The molecule has 2 aromatic heterocycles. The number of carbonyl (C=O) groups is 1. The van der Waals surface area contributed by atoms with Crippen LogP contribution >= 0.6 is 0 Å². The molecule has 1 fully saturated rings. The summed E-state index contributed by atoms with van der Waals surface area (Å²) in [4.78, 5) is 19.2. The van der Waals surface area contributed by atoms with E-state index >= 15 is 0 Å². The van der Waals surface area contributed by atoms with Gasteiger partial charge in [0.25, 0.3) is 0 Å². The van der Waals surface area contributed by atoms with Gasteiger partial charge in [0.15, 0.2) is 11.3 Å². The van der Waals surface area contributed by atoms with Gasteiger partial charge in [0.05, 0.1) is 0 Å². The second kappa shape index (κ2) is 9.07. The third kappa shape index (κ3) is 3.96. The Balaban J connectivity index is 1.35. The van der Waals surface area contributed by atoms with E-state index in [0.29, 0.717) is 35.9 Å². The average molecular weight is 485 g/mol. The second-order valence-electron chi connectivity index (χ2n) is 8.91. The minimum atomic E-state index is -2.97. The molecule has 0 aliphatic carbocycles. The van der Waals surface area contributed by atoms with Crippen LogP contribution in [0.5, 0.6) is 5.75 Å².